The molecule has 6 heteroatoms. The molecule has 11 atom stereocenters. The molecule has 7 rings (SSSR count). The Morgan fingerprint density at radius 2 is 1.65 bits per heavy atom. The largest absolute Gasteiger partial charge is 0.481 e. The molecule has 4 fully saturated rings. The Morgan fingerprint density at radius 1 is 0.950 bits per heavy atom. The van der Waals surface area contributed by atoms with E-state index in [-0.39, 0.29) is 18.6 Å². The first-order chi connectivity index (χ1) is 19.5. The molecule has 6 nitrogen and oxygen atoms in total. The van der Waals surface area contributed by atoms with Crippen molar-refractivity contribution in [2.24, 2.45) is 64.6 Å². The summed E-state index contributed by atoms with van der Waals surface area (Å²) in [6.45, 7) is 4.27. The molecule has 11 unspecified atom stereocenters. The Hall–Kier alpha value is -2.11. The summed E-state index contributed by atoms with van der Waals surface area (Å²) in [5.74, 6) is 7.64. The number of fused-ring (bicyclic) bond motifs is 7. The number of aliphatic carboxylic acids is 1. The van der Waals surface area contributed by atoms with E-state index in [1.54, 1.807) is 10.9 Å². The smallest absolute Gasteiger partial charge is 0.313 e. The van der Waals surface area contributed by atoms with Crippen molar-refractivity contribution in [3.63, 3.8) is 0 Å². The van der Waals surface area contributed by atoms with Gasteiger partial charge in [0.05, 0.1) is 6.04 Å². The first-order valence-corrected chi connectivity index (χ1v) is 16.6. The van der Waals surface area contributed by atoms with Crippen LogP contribution in [0.15, 0.2) is 30.5 Å². The highest BCUT2D eigenvalue weighted by Crippen LogP contribution is 2.61. The first kappa shape index (κ1) is 26.8. The van der Waals surface area contributed by atoms with Crippen LogP contribution in [0.25, 0.3) is 0 Å². The molecule has 0 amide bonds. The van der Waals surface area contributed by atoms with E-state index in [0.717, 1.165) is 53.8 Å². The lowest BCUT2D eigenvalue weighted by Crippen LogP contribution is -2.51. The number of allylic oxidation sites excluding steroid dienone is 4. The highest BCUT2D eigenvalue weighted by atomic mass is 16.5. The van der Waals surface area contributed by atoms with E-state index < -0.39 is 11.4 Å². The number of carboxylic acid groups (broad SMARTS) is 1. The number of ether oxygens (including phenoxy) is 1. The lowest BCUT2D eigenvalue weighted by molar-refractivity contribution is -0.158. The maximum Gasteiger partial charge on any atom is 0.313 e. The molecule has 40 heavy (non-hydrogen) atoms. The van der Waals surface area contributed by atoms with Gasteiger partial charge in [-0.05, 0) is 150 Å². The molecule has 0 saturated heterocycles. The van der Waals surface area contributed by atoms with Crippen molar-refractivity contribution in [2.45, 2.75) is 96.9 Å². The quantitative estimate of drug-likeness (QED) is 0.377. The number of nitrogens with zero attached hydrogens (tertiary/aromatic N) is 3. The van der Waals surface area contributed by atoms with Gasteiger partial charge in [-0.25, -0.2) is 4.68 Å². The predicted molar refractivity (Wildman–Crippen MR) is 155 cm³/mol. The minimum absolute atomic E-state index is 0.0293. The van der Waals surface area contributed by atoms with Crippen LogP contribution < -0.4 is 4.74 Å². The van der Waals surface area contributed by atoms with Crippen LogP contribution in [0.5, 0.6) is 5.88 Å². The summed E-state index contributed by atoms with van der Waals surface area (Å²) in [5, 5.41) is 18.9. The summed E-state index contributed by atoms with van der Waals surface area (Å²) >= 11 is 0. The molecule has 1 heterocycles. The number of carboxylic acids is 1. The summed E-state index contributed by atoms with van der Waals surface area (Å²) in [6.07, 6.45) is 26.2. The van der Waals surface area contributed by atoms with Gasteiger partial charge in [0.1, 0.15) is 18.2 Å². The standard InChI is InChI=1S/C34H49N3O3/c1-21(2)37-32(19-35-36-37)40-20-34(33(38)39)17-4-3-8-31(34)24-11-12-26-23(18-24)10-14-30-28(26)16-15-27-25-7-5-6-22(25)9-13-29(27)30/h3,5-6,8,19,21-31H,4,7,9-18,20H2,1-2H3,(H,38,39). The maximum absolute atomic E-state index is 13.0. The SMILES string of the molecule is CC(C)n1nncc1OCC1(C(=O)O)CCC=CC1C1CCC2C(CCC3C2CCC2C4CC=CC4CCC23)C1. The van der Waals surface area contributed by atoms with Crippen molar-refractivity contribution < 1.29 is 14.6 Å². The van der Waals surface area contributed by atoms with Gasteiger partial charge in [0.25, 0.3) is 0 Å². The van der Waals surface area contributed by atoms with Gasteiger partial charge in [0.15, 0.2) is 0 Å². The Bertz CT molecular complexity index is 1140. The van der Waals surface area contributed by atoms with E-state index in [4.69, 9.17) is 4.74 Å². The van der Waals surface area contributed by atoms with Gasteiger partial charge < -0.3 is 9.84 Å². The molecular weight excluding hydrogens is 498 g/mol. The van der Waals surface area contributed by atoms with E-state index in [2.05, 4.69) is 34.6 Å². The minimum atomic E-state index is -0.887. The van der Waals surface area contributed by atoms with Crippen LogP contribution in [-0.4, -0.2) is 32.7 Å². The predicted octanol–water partition coefficient (Wildman–Crippen LogP) is 7.35. The number of rotatable bonds is 6. The molecule has 0 bridgehead atoms. The summed E-state index contributed by atoms with van der Waals surface area (Å²) < 4.78 is 7.99. The van der Waals surface area contributed by atoms with Gasteiger partial charge in [0, 0.05) is 0 Å². The zero-order chi connectivity index (χ0) is 27.4. The highest BCUT2D eigenvalue weighted by Gasteiger charge is 2.55. The molecule has 6 aliphatic rings. The summed E-state index contributed by atoms with van der Waals surface area (Å²) in [5.41, 5.74) is -0.887. The van der Waals surface area contributed by atoms with Crippen molar-refractivity contribution in [3.05, 3.63) is 30.5 Å². The molecule has 1 N–H and O–H groups in total. The molecule has 0 aliphatic heterocycles. The highest BCUT2D eigenvalue weighted by molar-refractivity contribution is 5.76. The maximum atomic E-state index is 13.0. The zero-order valence-corrected chi connectivity index (χ0v) is 24.5. The number of hydrogen-bond donors (Lipinski definition) is 1. The van der Waals surface area contributed by atoms with Crippen LogP contribution in [0.1, 0.15) is 96.9 Å². The van der Waals surface area contributed by atoms with Crippen molar-refractivity contribution in [2.75, 3.05) is 6.61 Å². The normalized spacial score (nSPS) is 44.0. The Kier molecular flexibility index (Phi) is 7.11. The molecule has 218 valence electrons. The van der Waals surface area contributed by atoms with Crippen LogP contribution in [-0.2, 0) is 4.79 Å². The lowest BCUT2D eigenvalue weighted by atomic mass is 9.48. The molecule has 1 aromatic rings. The molecule has 0 radical (unpaired) electrons. The third kappa shape index (κ3) is 4.38. The monoisotopic (exact) mass is 547 g/mol. The van der Waals surface area contributed by atoms with E-state index in [1.807, 2.05) is 13.8 Å². The van der Waals surface area contributed by atoms with Crippen LogP contribution in [0, 0.1) is 64.6 Å². The van der Waals surface area contributed by atoms with Crippen LogP contribution >= 0.6 is 0 Å². The molecule has 1 aromatic heterocycles. The van der Waals surface area contributed by atoms with Crippen molar-refractivity contribution >= 4 is 5.97 Å². The zero-order valence-electron chi connectivity index (χ0n) is 24.5. The fourth-order valence-electron chi connectivity index (χ4n) is 11.2. The van der Waals surface area contributed by atoms with Gasteiger partial charge in [-0.15, -0.1) is 5.10 Å². The molecule has 4 saturated carbocycles. The molecule has 6 aliphatic carbocycles. The molecule has 0 spiro atoms. The van der Waals surface area contributed by atoms with Gasteiger partial charge >= 0.3 is 5.97 Å². The van der Waals surface area contributed by atoms with E-state index in [0.29, 0.717) is 18.2 Å². The second-order valence-corrected chi connectivity index (χ2v) is 14.7. The second-order valence-electron chi connectivity index (χ2n) is 14.7. The fourth-order valence-corrected chi connectivity index (χ4v) is 11.2. The first-order valence-electron chi connectivity index (χ1n) is 16.6. The molecular formula is C34H49N3O3. The van der Waals surface area contributed by atoms with Gasteiger partial charge in [-0.1, -0.05) is 29.5 Å². The lowest BCUT2D eigenvalue weighted by Gasteiger charge is -2.57. The Morgan fingerprint density at radius 3 is 2.45 bits per heavy atom. The average molecular weight is 548 g/mol. The van der Waals surface area contributed by atoms with Crippen molar-refractivity contribution in [1.82, 2.24) is 15.0 Å². The van der Waals surface area contributed by atoms with E-state index in [1.165, 1.54) is 64.2 Å². The summed E-state index contributed by atoms with van der Waals surface area (Å²) in [6, 6.07) is 0.116. The average Bonchev–Trinajstić information content (AvgIpc) is 3.65. The van der Waals surface area contributed by atoms with E-state index in [9.17, 15) is 9.90 Å². The van der Waals surface area contributed by atoms with Gasteiger partial charge in [0.2, 0.25) is 5.88 Å². The number of hydrogen-bond acceptors (Lipinski definition) is 4. The fraction of sp³-hybridized carbons (Fsp3) is 0.794. The topological polar surface area (TPSA) is 77.2 Å². The van der Waals surface area contributed by atoms with Crippen LogP contribution in [0.4, 0.5) is 0 Å². The Balaban J connectivity index is 1.05. The second kappa shape index (κ2) is 10.6. The number of aromatic nitrogens is 3. The van der Waals surface area contributed by atoms with Gasteiger partial charge in [-0.3, -0.25) is 4.79 Å². The minimum Gasteiger partial charge on any atom is -0.481 e. The molecule has 0 aromatic carbocycles. The summed E-state index contributed by atoms with van der Waals surface area (Å²) in [7, 11) is 0. The Labute approximate surface area is 240 Å². The van der Waals surface area contributed by atoms with E-state index >= 15 is 0 Å². The van der Waals surface area contributed by atoms with Gasteiger partial charge in [-0.2, -0.15) is 0 Å². The van der Waals surface area contributed by atoms with Crippen molar-refractivity contribution in [3.8, 4) is 5.88 Å². The third-order valence-electron chi connectivity index (χ3n) is 12.9. The van der Waals surface area contributed by atoms with Crippen LogP contribution in [0.2, 0.25) is 0 Å². The third-order valence-corrected chi connectivity index (χ3v) is 12.9. The van der Waals surface area contributed by atoms with Crippen molar-refractivity contribution in [1.29, 1.82) is 0 Å². The number of carbonyl (C=O) groups is 1. The summed E-state index contributed by atoms with van der Waals surface area (Å²) in [4.78, 5) is 13.0. The van der Waals surface area contributed by atoms with Crippen LogP contribution in [0.3, 0.4) is 0 Å².